The predicted octanol–water partition coefficient (Wildman–Crippen LogP) is 10.6. The van der Waals surface area contributed by atoms with E-state index in [1.54, 1.807) is 43.0 Å². The number of fused-ring (bicyclic) bond motifs is 1. The monoisotopic (exact) mass is 1080 g/mol. The van der Waals surface area contributed by atoms with Crippen LogP contribution in [0.2, 0.25) is 0 Å². The molecule has 0 radical (unpaired) electrons. The number of nitrogens with one attached hydrogen (secondary N) is 2. The molecule has 0 aromatic heterocycles. The maximum atomic E-state index is 14.5. The molecule has 7 rings (SSSR count). The van der Waals surface area contributed by atoms with Crippen LogP contribution >= 0.6 is 20.3 Å². The number of nitrogens with zero attached hydrogens (tertiary/aromatic N) is 4. The summed E-state index contributed by atoms with van der Waals surface area (Å²) < 4.78 is 33.8. The number of urea groups is 1. The van der Waals surface area contributed by atoms with Crippen LogP contribution in [0.25, 0.3) is 4.85 Å². The zero-order chi connectivity index (χ0) is 53.9. The fourth-order valence-corrected chi connectivity index (χ4v) is 13.6. The molecule has 4 aromatic carbocycles. The van der Waals surface area contributed by atoms with Crippen molar-refractivity contribution in [1.29, 1.82) is 0 Å². The minimum absolute atomic E-state index is 0. The van der Waals surface area contributed by atoms with E-state index in [4.69, 9.17) is 29.8 Å². The summed E-state index contributed by atoms with van der Waals surface area (Å²) in [4.78, 5) is 61.4. The first-order valence-electron chi connectivity index (χ1n) is 26.1. The van der Waals surface area contributed by atoms with E-state index in [-0.39, 0.29) is 105 Å². The molecule has 6 atom stereocenters. The van der Waals surface area contributed by atoms with Crippen molar-refractivity contribution >= 4 is 44.0 Å². The molecule has 4 aromatic rings. The normalized spacial score (nSPS) is 19.8. The first kappa shape index (κ1) is 59.7. The molecule has 17 heteroatoms. The van der Waals surface area contributed by atoms with Crippen LogP contribution in [0.4, 0.5) is 4.79 Å². The van der Waals surface area contributed by atoms with Gasteiger partial charge in [0.25, 0.3) is 14.4 Å². The molecule has 0 aliphatic carbocycles. The Balaban J connectivity index is 0.00000937. The van der Waals surface area contributed by atoms with Gasteiger partial charge in [-0.15, -0.1) is 0 Å². The minimum atomic E-state index is -1.61. The standard InChI is InChI=1S/C58H75N6O9PS.CH4/c1-39(2)64(40(3)4)74(72-33-32-59-8)73-49-34-46(37-71-58(43-16-12-11-13-17-43,44-24-28-47(69-9)29-25-44)45-26-30-48(70-10)31-27-45)62(36-49)53(66)35-60-52(65)19-15-14-18-51-54-50(38-75-51)63(56(68)61-54)55(67)41-20-22-42(23-21-41)57(5,6)7;/h11-13,16-17,20-31,39-40,46,49-51,54H,14-15,18-19,32-38H2,1-7,9-10H3,(H,60,65)(H,61,68);1H4/t46-,49+,50-,51-,54-,74?;/m0./s1. The highest BCUT2D eigenvalue weighted by Gasteiger charge is 2.50. The maximum Gasteiger partial charge on any atom is 0.325 e. The van der Waals surface area contributed by atoms with Crippen molar-refractivity contribution in [3.05, 3.63) is 142 Å². The Hall–Kier alpha value is -5.53. The lowest BCUT2D eigenvalue weighted by molar-refractivity contribution is -0.135. The van der Waals surface area contributed by atoms with Crippen molar-refractivity contribution in [2.24, 2.45) is 0 Å². The molecule has 0 bridgehead atoms. The summed E-state index contributed by atoms with van der Waals surface area (Å²) in [5, 5.41) is 6.10. The molecule has 2 N–H and O–H groups in total. The van der Waals surface area contributed by atoms with Crippen LogP contribution in [0, 0.1) is 6.57 Å². The van der Waals surface area contributed by atoms with Gasteiger partial charge in [-0.2, -0.15) is 11.8 Å². The van der Waals surface area contributed by atoms with Crippen LogP contribution in [0.5, 0.6) is 11.5 Å². The number of methoxy groups -OCH3 is 2. The summed E-state index contributed by atoms with van der Waals surface area (Å²) in [7, 11) is 1.65. The van der Waals surface area contributed by atoms with Crippen molar-refractivity contribution in [2.75, 3.05) is 52.8 Å². The van der Waals surface area contributed by atoms with Crippen LogP contribution in [0.15, 0.2) is 103 Å². The van der Waals surface area contributed by atoms with E-state index >= 15 is 0 Å². The van der Waals surface area contributed by atoms with Gasteiger partial charge in [0.05, 0.1) is 51.6 Å². The number of benzene rings is 4. The van der Waals surface area contributed by atoms with Crippen molar-refractivity contribution in [1.82, 2.24) is 25.1 Å². The number of hydrogen-bond acceptors (Lipinski definition) is 11. The number of amides is 5. The van der Waals surface area contributed by atoms with Gasteiger partial charge in [-0.25, -0.2) is 16.0 Å². The molecule has 3 aliphatic rings. The van der Waals surface area contributed by atoms with Gasteiger partial charge in [0.1, 0.15) is 23.7 Å². The molecular formula is C59H79N6O9PS. The van der Waals surface area contributed by atoms with E-state index in [0.29, 0.717) is 35.7 Å². The second-order valence-electron chi connectivity index (χ2n) is 20.9. The van der Waals surface area contributed by atoms with Gasteiger partial charge in [0.15, 0.2) is 0 Å². The Labute approximate surface area is 456 Å². The van der Waals surface area contributed by atoms with Crippen molar-refractivity contribution in [3.63, 3.8) is 0 Å². The third kappa shape index (κ3) is 14.1. The Morgan fingerprint density at radius 2 is 1.45 bits per heavy atom. The van der Waals surface area contributed by atoms with Crippen molar-refractivity contribution < 1.29 is 42.4 Å². The number of unbranched alkanes of at least 4 members (excludes halogenated alkanes) is 1. The zero-order valence-electron chi connectivity index (χ0n) is 45.0. The average molecular weight is 1080 g/mol. The van der Waals surface area contributed by atoms with Gasteiger partial charge in [0, 0.05) is 41.6 Å². The Bertz CT molecular complexity index is 2520. The Kier molecular flexibility index (Phi) is 21.4. The van der Waals surface area contributed by atoms with Gasteiger partial charge < -0.3 is 43.6 Å². The highest BCUT2D eigenvalue weighted by atomic mass is 32.2. The number of thioether (sulfide) groups is 1. The summed E-state index contributed by atoms with van der Waals surface area (Å²) in [6, 6.07) is 32.1. The quantitative estimate of drug-likeness (QED) is 0.0227. The maximum absolute atomic E-state index is 14.5. The smallest absolute Gasteiger partial charge is 0.325 e. The SMILES string of the molecule is C.[C-]#[N+]CCOP(O[C@@H]1C[C@@H](COC(c2ccccc2)(c2ccc(OC)cc2)c2ccc(OC)cc2)N(C(=O)CNC(=O)CCCC[C@@H]2SC[C@H]3[C@@H]2NC(=O)N3C(=O)c2ccc(C(C)(C)C)cc2)C1)N(C(C)C)C(C)C. The first-order chi connectivity index (χ1) is 36.0. The molecule has 3 saturated heterocycles. The van der Waals surface area contributed by atoms with E-state index in [1.165, 1.54) is 4.90 Å². The topological polar surface area (TPSA) is 153 Å². The zero-order valence-corrected chi connectivity index (χ0v) is 46.7. The average Bonchev–Trinajstić information content (AvgIpc) is 4.13. The molecule has 76 heavy (non-hydrogen) atoms. The summed E-state index contributed by atoms with van der Waals surface area (Å²) in [5.41, 5.74) is 3.00. The van der Waals surface area contributed by atoms with E-state index in [0.717, 1.165) is 35.1 Å². The molecule has 3 fully saturated rings. The Morgan fingerprint density at radius 3 is 2.01 bits per heavy atom. The molecule has 15 nitrogen and oxygen atoms in total. The summed E-state index contributed by atoms with van der Waals surface area (Å²) in [6.45, 7) is 22.7. The summed E-state index contributed by atoms with van der Waals surface area (Å²) in [5.74, 6) is 1.26. The van der Waals surface area contributed by atoms with Crippen molar-refractivity contribution in [2.45, 2.75) is 141 Å². The lowest BCUT2D eigenvalue weighted by atomic mass is 9.80. The number of rotatable bonds is 24. The summed E-state index contributed by atoms with van der Waals surface area (Å²) in [6.07, 6.45) is 2.33. The highest BCUT2D eigenvalue weighted by Crippen LogP contribution is 2.49. The number of ether oxygens (including phenoxy) is 3. The van der Waals surface area contributed by atoms with E-state index in [2.05, 4.69) is 68.6 Å². The van der Waals surface area contributed by atoms with Crippen molar-refractivity contribution in [3.8, 4) is 11.5 Å². The molecule has 0 spiro atoms. The number of imide groups is 1. The second-order valence-corrected chi connectivity index (χ2v) is 23.6. The molecular weight excluding hydrogens is 1000 g/mol. The Morgan fingerprint density at radius 1 is 0.855 bits per heavy atom. The van der Waals surface area contributed by atoms with E-state index in [1.807, 2.05) is 91.0 Å². The van der Waals surface area contributed by atoms with Gasteiger partial charge in [-0.05, 0) is 111 Å². The number of carbonyl (C=O) groups is 4. The molecule has 3 aliphatic heterocycles. The number of carbonyl (C=O) groups excluding carboxylic acids is 4. The highest BCUT2D eigenvalue weighted by molar-refractivity contribution is 8.00. The number of likely N-dealkylation sites (tertiary alicyclic amines) is 1. The minimum Gasteiger partial charge on any atom is -0.497 e. The van der Waals surface area contributed by atoms with Gasteiger partial charge in [-0.1, -0.05) is 101 Å². The predicted molar refractivity (Wildman–Crippen MR) is 302 cm³/mol. The lowest BCUT2D eigenvalue weighted by Crippen LogP contribution is -2.46. The van der Waals surface area contributed by atoms with E-state index < -0.39 is 26.3 Å². The molecule has 0 saturated carbocycles. The van der Waals surface area contributed by atoms with E-state index in [9.17, 15) is 19.2 Å². The first-order valence-corrected chi connectivity index (χ1v) is 28.3. The largest absolute Gasteiger partial charge is 0.497 e. The molecule has 1 unspecified atom stereocenters. The van der Waals surface area contributed by atoms with Gasteiger partial charge in [0.2, 0.25) is 18.4 Å². The third-order valence-corrected chi connectivity index (χ3v) is 17.9. The third-order valence-electron chi connectivity index (χ3n) is 14.2. The molecule has 5 amide bonds. The van der Waals surface area contributed by atoms with Crippen LogP contribution in [0.1, 0.15) is 121 Å². The second kappa shape index (κ2) is 27.2. The fraction of sp³-hybridized carbons (Fsp3) is 0.508. The van der Waals surface area contributed by atoms with Crippen LogP contribution in [0.3, 0.4) is 0 Å². The number of hydrogen-bond donors (Lipinski definition) is 2. The van der Waals surface area contributed by atoms with Gasteiger partial charge in [-0.3, -0.25) is 19.3 Å². The fourth-order valence-electron chi connectivity index (χ4n) is 10.3. The van der Waals surface area contributed by atoms with Crippen LogP contribution in [-0.4, -0.2) is 133 Å². The summed E-state index contributed by atoms with van der Waals surface area (Å²) >= 11 is 1.75. The van der Waals surface area contributed by atoms with Crippen LogP contribution < -0.4 is 20.1 Å². The molecule has 410 valence electrons. The molecule has 3 heterocycles. The lowest BCUT2D eigenvalue weighted by Gasteiger charge is -2.38. The van der Waals surface area contributed by atoms with Gasteiger partial charge >= 0.3 is 6.03 Å². The van der Waals surface area contributed by atoms with Crippen LogP contribution in [-0.2, 0) is 34.4 Å².